The van der Waals surface area contributed by atoms with Crippen LogP contribution < -0.4 is 0 Å². The van der Waals surface area contributed by atoms with E-state index in [-0.39, 0.29) is 51.1 Å². The molecule has 0 bridgehead atoms. The minimum Gasteiger partial charge on any atom is -0.396 e. The van der Waals surface area contributed by atoms with Crippen molar-refractivity contribution in [1.82, 2.24) is 0 Å². The Kier molecular flexibility index (Phi) is 5.07. The second kappa shape index (κ2) is 6.96. The van der Waals surface area contributed by atoms with Crippen LogP contribution in [-0.2, 0) is 4.79 Å². The van der Waals surface area contributed by atoms with Gasteiger partial charge in [-0.3, -0.25) is 4.79 Å². The maximum atomic E-state index is 13.4. The van der Waals surface area contributed by atoms with Crippen molar-refractivity contribution < 1.29 is 15.0 Å². The van der Waals surface area contributed by atoms with Crippen LogP contribution >= 0.6 is 0 Å². The third kappa shape index (κ3) is 2.85. The number of carbonyl (C=O) groups excluding carboxylic acids is 1. The number of aliphatic hydroxyl groups is 2. The standard InChI is InChI=1S/C30H48O3/c1-25(2)21-10-13-30(7)22(28(21,5)12-11-23(25)32)9-8-19-20-16-26(3,18-31)17-24(33)27(20,4)14-15-29(19,30)6/h8,20-23,31-32H,9-18H2,1-7H3. The zero-order chi connectivity index (χ0) is 24.2. The Hall–Kier alpha value is -0.670. The van der Waals surface area contributed by atoms with E-state index in [2.05, 4.69) is 54.5 Å². The van der Waals surface area contributed by atoms with Crippen LogP contribution in [0.2, 0.25) is 0 Å². The smallest absolute Gasteiger partial charge is 0.139 e. The molecular formula is C30H48O3. The van der Waals surface area contributed by atoms with Crippen molar-refractivity contribution in [2.75, 3.05) is 6.61 Å². The number of hydrogen-bond donors (Lipinski definition) is 2. The van der Waals surface area contributed by atoms with E-state index in [9.17, 15) is 15.0 Å². The third-order valence-electron chi connectivity index (χ3n) is 13.1. The molecule has 33 heavy (non-hydrogen) atoms. The lowest BCUT2D eigenvalue weighted by Crippen LogP contribution is -2.65. The number of hydrogen-bond acceptors (Lipinski definition) is 3. The molecule has 5 aliphatic rings. The van der Waals surface area contributed by atoms with Crippen LogP contribution in [-0.4, -0.2) is 28.7 Å². The fraction of sp³-hybridized carbons (Fsp3) is 0.900. The molecule has 4 saturated carbocycles. The Bertz CT molecular complexity index is 889. The van der Waals surface area contributed by atoms with Crippen molar-refractivity contribution >= 4 is 5.78 Å². The minimum absolute atomic E-state index is 0.0247. The van der Waals surface area contributed by atoms with Crippen molar-refractivity contribution in [2.24, 2.45) is 50.2 Å². The number of allylic oxidation sites excluding steroid dienone is 2. The maximum absolute atomic E-state index is 13.4. The molecule has 0 aromatic carbocycles. The monoisotopic (exact) mass is 456 g/mol. The second-order valence-corrected chi connectivity index (χ2v) is 14.9. The van der Waals surface area contributed by atoms with Gasteiger partial charge in [-0.25, -0.2) is 0 Å². The van der Waals surface area contributed by atoms with Gasteiger partial charge >= 0.3 is 0 Å². The SMILES string of the molecule is CC1(CO)CC(=O)C2(C)CCC3(C)C(=CCC4C5(C)CCC(O)C(C)(C)C5CCC43C)C2C1. The summed E-state index contributed by atoms with van der Waals surface area (Å²) < 4.78 is 0. The molecule has 0 aromatic rings. The molecule has 2 N–H and O–H groups in total. The first-order chi connectivity index (χ1) is 15.2. The molecule has 0 aromatic heterocycles. The number of rotatable bonds is 1. The van der Waals surface area contributed by atoms with Gasteiger partial charge in [0, 0.05) is 18.4 Å². The molecule has 5 rings (SSSR count). The van der Waals surface area contributed by atoms with Crippen molar-refractivity contribution in [1.29, 1.82) is 0 Å². The van der Waals surface area contributed by atoms with Crippen molar-refractivity contribution in [3.8, 4) is 0 Å². The van der Waals surface area contributed by atoms with Gasteiger partial charge in [-0.05, 0) is 96.2 Å². The Morgan fingerprint density at radius 1 is 0.939 bits per heavy atom. The van der Waals surface area contributed by atoms with Gasteiger partial charge in [0.05, 0.1) is 6.10 Å². The molecule has 5 aliphatic carbocycles. The molecule has 0 radical (unpaired) electrons. The quantitative estimate of drug-likeness (QED) is 0.454. The van der Waals surface area contributed by atoms with Gasteiger partial charge in [0.25, 0.3) is 0 Å². The molecule has 186 valence electrons. The maximum Gasteiger partial charge on any atom is 0.139 e. The zero-order valence-electron chi connectivity index (χ0n) is 22.3. The molecule has 9 unspecified atom stereocenters. The minimum atomic E-state index is -0.286. The Morgan fingerprint density at radius 3 is 2.30 bits per heavy atom. The van der Waals surface area contributed by atoms with Crippen LogP contribution in [0.1, 0.15) is 106 Å². The summed E-state index contributed by atoms with van der Waals surface area (Å²) in [6.45, 7) is 16.7. The fourth-order valence-electron chi connectivity index (χ4n) is 10.5. The van der Waals surface area contributed by atoms with Crippen molar-refractivity contribution in [3.05, 3.63) is 11.6 Å². The average molecular weight is 457 g/mol. The van der Waals surface area contributed by atoms with Gasteiger partial charge in [0.2, 0.25) is 0 Å². The van der Waals surface area contributed by atoms with Crippen LogP contribution in [0.25, 0.3) is 0 Å². The zero-order valence-corrected chi connectivity index (χ0v) is 22.3. The summed E-state index contributed by atoms with van der Waals surface area (Å²) in [5.41, 5.74) is 1.57. The molecule has 3 nitrogen and oxygen atoms in total. The molecule has 4 fully saturated rings. The summed E-state index contributed by atoms with van der Waals surface area (Å²) in [6, 6.07) is 0. The van der Waals surface area contributed by atoms with E-state index < -0.39 is 0 Å². The number of aliphatic hydroxyl groups excluding tert-OH is 2. The Balaban J connectivity index is 1.59. The lowest BCUT2D eigenvalue weighted by Gasteiger charge is -2.71. The Morgan fingerprint density at radius 2 is 1.64 bits per heavy atom. The van der Waals surface area contributed by atoms with E-state index in [0.717, 1.165) is 38.5 Å². The van der Waals surface area contributed by atoms with Crippen molar-refractivity contribution in [3.63, 3.8) is 0 Å². The highest BCUT2D eigenvalue weighted by molar-refractivity contribution is 5.87. The molecule has 9 atom stereocenters. The lowest BCUT2D eigenvalue weighted by atomic mass is 9.33. The lowest BCUT2D eigenvalue weighted by molar-refractivity contribution is -0.203. The highest BCUT2D eigenvalue weighted by Crippen LogP contribution is 2.75. The van der Waals surface area contributed by atoms with Crippen LogP contribution in [0, 0.1) is 50.2 Å². The fourth-order valence-corrected chi connectivity index (χ4v) is 10.5. The van der Waals surface area contributed by atoms with Gasteiger partial charge < -0.3 is 10.2 Å². The summed E-state index contributed by atoms with van der Waals surface area (Å²) in [5, 5.41) is 21.1. The highest BCUT2D eigenvalue weighted by atomic mass is 16.3. The van der Waals surface area contributed by atoms with Crippen molar-refractivity contribution in [2.45, 2.75) is 112 Å². The molecular weight excluding hydrogens is 408 g/mol. The third-order valence-corrected chi connectivity index (χ3v) is 13.1. The molecule has 3 heteroatoms. The van der Waals surface area contributed by atoms with E-state index in [0.29, 0.717) is 24.0 Å². The number of fused-ring (bicyclic) bond motifs is 7. The summed E-state index contributed by atoms with van der Waals surface area (Å²) in [5.74, 6) is 1.83. The summed E-state index contributed by atoms with van der Waals surface area (Å²) in [7, 11) is 0. The van der Waals surface area contributed by atoms with Crippen LogP contribution in [0.3, 0.4) is 0 Å². The topological polar surface area (TPSA) is 57.5 Å². The van der Waals surface area contributed by atoms with E-state index in [1.54, 1.807) is 5.57 Å². The summed E-state index contributed by atoms with van der Waals surface area (Å²) in [4.78, 5) is 13.4. The normalized spacial score (nSPS) is 55.5. The molecule has 0 saturated heterocycles. The highest BCUT2D eigenvalue weighted by Gasteiger charge is 2.68. The molecule has 0 amide bonds. The molecule has 0 spiro atoms. The van der Waals surface area contributed by atoms with Gasteiger partial charge in [-0.2, -0.15) is 0 Å². The van der Waals surface area contributed by atoms with Crippen LogP contribution in [0.15, 0.2) is 11.6 Å². The first kappa shape index (κ1) is 24.0. The summed E-state index contributed by atoms with van der Waals surface area (Å²) in [6.07, 6.45) is 11.5. The van der Waals surface area contributed by atoms with Gasteiger partial charge in [-0.1, -0.05) is 60.1 Å². The molecule has 0 aliphatic heterocycles. The second-order valence-electron chi connectivity index (χ2n) is 14.9. The van der Waals surface area contributed by atoms with Crippen LogP contribution in [0.5, 0.6) is 0 Å². The van der Waals surface area contributed by atoms with Gasteiger partial charge in [-0.15, -0.1) is 0 Å². The first-order valence-electron chi connectivity index (χ1n) is 13.7. The number of Topliss-reactive ketones (excluding diaryl/α,β-unsaturated/α-hetero) is 1. The predicted octanol–water partition coefficient (Wildman–Crippen LogP) is 6.32. The van der Waals surface area contributed by atoms with E-state index in [1.165, 1.54) is 12.8 Å². The molecule has 0 heterocycles. The van der Waals surface area contributed by atoms with Gasteiger partial charge in [0.1, 0.15) is 5.78 Å². The largest absolute Gasteiger partial charge is 0.396 e. The average Bonchev–Trinajstić information content (AvgIpc) is 2.73. The number of carbonyl (C=O) groups is 1. The van der Waals surface area contributed by atoms with Crippen LogP contribution in [0.4, 0.5) is 0 Å². The van der Waals surface area contributed by atoms with Gasteiger partial charge in [0.15, 0.2) is 0 Å². The summed E-state index contributed by atoms with van der Waals surface area (Å²) >= 11 is 0. The van der Waals surface area contributed by atoms with E-state index in [4.69, 9.17) is 0 Å². The van der Waals surface area contributed by atoms with E-state index >= 15 is 0 Å². The van der Waals surface area contributed by atoms with E-state index in [1.807, 2.05) is 0 Å². The predicted molar refractivity (Wildman–Crippen MR) is 133 cm³/mol. The Labute approximate surface area is 201 Å². The first-order valence-corrected chi connectivity index (χ1v) is 13.7. The number of ketones is 1.